The molecule has 0 unspecified atom stereocenters. The molecule has 0 aliphatic heterocycles. The summed E-state index contributed by atoms with van der Waals surface area (Å²) in [5.41, 5.74) is 7.01. The van der Waals surface area contributed by atoms with Crippen molar-refractivity contribution in [3.05, 3.63) is 0 Å². The molecule has 0 atom stereocenters. The average Bonchev–Trinajstić information content (AvgIpc) is 0.650. The molecule has 2 nitrogen and oxygen atoms in total. The molecule has 0 saturated heterocycles. The van der Waals surface area contributed by atoms with Crippen LogP contribution in [-0.2, 0) is 0 Å². The summed E-state index contributed by atoms with van der Waals surface area (Å²) >= 11 is 0. The van der Waals surface area contributed by atoms with E-state index in [0.717, 1.165) is 0 Å². The van der Waals surface area contributed by atoms with Crippen molar-refractivity contribution in [2.45, 2.75) is 0 Å². The third-order valence-electron chi connectivity index (χ3n) is 0. The fraction of sp³-hybridized carbons (Fsp3) is 0. The molecule has 0 aliphatic carbocycles. The summed E-state index contributed by atoms with van der Waals surface area (Å²) in [4.78, 5) is 0. The summed E-state index contributed by atoms with van der Waals surface area (Å²) in [6.45, 7) is 0. The molecule has 0 aromatic rings. The Morgan fingerprint density at radius 2 is 1.00 bits per heavy atom. The molecule has 0 bridgehead atoms. The van der Waals surface area contributed by atoms with Crippen LogP contribution < -0.4 is 11.0 Å². The van der Waals surface area contributed by atoms with Crippen LogP contribution in [0.15, 0.2) is 0 Å². The van der Waals surface area contributed by atoms with Crippen molar-refractivity contribution in [2.24, 2.45) is 11.0 Å². The van der Waals surface area contributed by atoms with Crippen LogP contribution in [-0.4, -0.2) is 0 Å². The quantitative estimate of drug-likeness (QED) is 0.467. The van der Waals surface area contributed by atoms with Gasteiger partial charge in [0.05, 0.1) is 0 Å². The molecule has 0 fully saturated rings. The first-order valence-electron chi connectivity index (χ1n) is 1.02. The van der Waals surface area contributed by atoms with Crippen LogP contribution >= 0.6 is 7.84 Å². The zero-order valence-electron chi connectivity index (χ0n) is 2.74. The minimum absolute atomic E-state index is 3.51. The van der Waals surface area contributed by atoms with Gasteiger partial charge in [0.25, 0.3) is 0 Å². The maximum absolute atomic E-state index is 10.7. The van der Waals surface area contributed by atoms with Gasteiger partial charge < -0.3 is 0 Å². The van der Waals surface area contributed by atoms with Crippen molar-refractivity contribution < 1.29 is 12.6 Å². The first kappa shape index (κ1) is 6.14. The third kappa shape index (κ3) is 2080. The zero-order chi connectivity index (χ0) is 5.45. The standard InChI is InChI=1S/F3H4N2P/c1-6(2,3,4)5/h4-5H2. The predicted molar refractivity (Wildman–Crippen MR) is 18.6 cm³/mol. The maximum atomic E-state index is 10.7. The van der Waals surface area contributed by atoms with E-state index >= 15 is 0 Å². The molecule has 0 rings (SSSR count). The fourth-order valence-electron chi connectivity index (χ4n) is 0. The summed E-state index contributed by atoms with van der Waals surface area (Å²) in [5.74, 6) is 0. The first-order chi connectivity index (χ1) is 2.24. The molecule has 4 N–H and O–H groups in total. The Bertz CT molecular complexity index is 42.0. The van der Waals surface area contributed by atoms with E-state index in [4.69, 9.17) is 0 Å². The predicted octanol–water partition coefficient (Wildman–Crippen LogP) is 0.941. The summed E-state index contributed by atoms with van der Waals surface area (Å²) in [7, 11) is -6.55. The van der Waals surface area contributed by atoms with Crippen molar-refractivity contribution in [1.82, 2.24) is 0 Å². The average molecular weight is 120 g/mol. The molecule has 0 radical (unpaired) electrons. The van der Waals surface area contributed by atoms with E-state index in [1.165, 1.54) is 0 Å². The van der Waals surface area contributed by atoms with E-state index in [-0.39, 0.29) is 0 Å². The Morgan fingerprint density at radius 3 is 1.00 bits per heavy atom. The Labute approximate surface area is 32.7 Å². The van der Waals surface area contributed by atoms with Gasteiger partial charge in [-0.2, -0.15) is 0 Å². The summed E-state index contributed by atoms with van der Waals surface area (Å²) in [6.07, 6.45) is 0. The van der Waals surface area contributed by atoms with Gasteiger partial charge in [0.1, 0.15) is 0 Å². The number of hydrogen-bond acceptors (Lipinski definition) is 2. The van der Waals surface area contributed by atoms with Crippen molar-refractivity contribution in [1.29, 1.82) is 0 Å². The SMILES string of the molecule is NP(N)(F)(F)F. The molecule has 0 aliphatic rings. The van der Waals surface area contributed by atoms with Crippen LogP contribution in [0.2, 0.25) is 0 Å². The molecular weight excluding hydrogens is 116 g/mol. The molecule has 0 spiro atoms. The molecule has 0 saturated carbocycles. The minimum atomic E-state index is -6.55. The fourth-order valence-corrected chi connectivity index (χ4v) is 0. The summed E-state index contributed by atoms with van der Waals surface area (Å²) < 4.78 is 32.2. The number of halogens is 3. The van der Waals surface area contributed by atoms with E-state index in [2.05, 4.69) is 11.0 Å². The van der Waals surface area contributed by atoms with Gasteiger partial charge in [-0.1, -0.05) is 0 Å². The molecule has 0 amide bonds. The van der Waals surface area contributed by atoms with Crippen molar-refractivity contribution in [3.8, 4) is 0 Å². The molecule has 6 heavy (non-hydrogen) atoms. The van der Waals surface area contributed by atoms with Gasteiger partial charge in [-0.15, -0.1) is 0 Å². The van der Waals surface area contributed by atoms with Gasteiger partial charge in [-0.05, 0) is 0 Å². The van der Waals surface area contributed by atoms with Gasteiger partial charge >= 0.3 is 31.4 Å². The van der Waals surface area contributed by atoms with Gasteiger partial charge in [-0.25, -0.2) is 0 Å². The van der Waals surface area contributed by atoms with E-state index in [0.29, 0.717) is 0 Å². The number of rotatable bonds is 0. The summed E-state index contributed by atoms with van der Waals surface area (Å²) in [5, 5.41) is 0. The van der Waals surface area contributed by atoms with Crippen LogP contribution in [0.1, 0.15) is 0 Å². The molecular formula is H4F3N2P. The summed E-state index contributed by atoms with van der Waals surface area (Å²) in [6, 6.07) is 0. The van der Waals surface area contributed by atoms with Crippen LogP contribution in [0.5, 0.6) is 0 Å². The normalized spacial score (nSPS) is 19.2. The molecule has 40 valence electrons. The molecule has 0 heterocycles. The topological polar surface area (TPSA) is 52.0 Å². The number of nitrogens with two attached hydrogens (primary N) is 2. The van der Waals surface area contributed by atoms with Crippen LogP contribution in [0.25, 0.3) is 0 Å². The van der Waals surface area contributed by atoms with E-state index < -0.39 is 7.84 Å². The van der Waals surface area contributed by atoms with Crippen LogP contribution in [0.3, 0.4) is 0 Å². The van der Waals surface area contributed by atoms with Crippen LogP contribution in [0, 0.1) is 0 Å². The van der Waals surface area contributed by atoms with Gasteiger partial charge in [-0.3, -0.25) is 0 Å². The van der Waals surface area contributed by atoms with Crippen molar-refractivity contribution >= 4 is 7.84 Å². The Hall–Kier alpha value is 0.140. The zero-order valence-corrected chi connectivity index (χ0v) is 3.63. The van der Waals surface area contributed by atoms with E-state index in [1.54, 1.807) is 0 Å². The number of hydrogen-bond donors (Lipinski definition) is 2. The Kier molecular flexibility index (Phi) is 0.877. The Morgan fingerprint density at radius 1 is 1.00 bits per heavy atom. The second-order valence-electron chi connectivity index (χ2n) is 0.926. The van der Waals surface area contributed by atoms with Crippen molar-refractivity contribution in [2.75, 3.05) is 0 Å². The molecule has 0 aromatic carbocycles. The monoisotopic (exact) mass is 120 g/mol. The van der Waals surface area contributed by atoms with Gasteiger partial charge in [0, 0.05) is 0 Å². The van der Waals surface area contributed by atoms with E-state index in [1.807, 2.05) is 0 Å². The molecule has 6 heteroatoms. The third-order valence-corrected chi connectivity index (χ3v) is 0. The second kappa shape index (κ2) is 0.857. The Balaban J connectivity index is 3.73. The van der Waals surface area contributed by atoms with E-state index in [9.17, 15) is 12.6 Å². The second-order valence-corrected chi connectivity index (χ2v) is 2.78. The first-order valence-corrected chi connectivity index (χ1v) is 3.07. The van der Waals surface area contributed by atoms with Crippen LogP contribution in [0.4, 0.5) is 12.6 Å². The van der Waals surface area contributed by atoms with Gasteiger partial charge in [0.15, 0.2) is 0 Å². The van der Waals surface area contributed by atoms with Crippen molar-refractivity contribution in [3.63, 3.8) is 0 Å². The van der Waals surface area contributed by atoms with Gasteiger partial charge in [0.2, 0.25) is 0 Å². The molecule has 0 aromatic heterocycles.